The van der Waals surface area contributed by atoms with Gasteiger partial charge in [0.05, 0.1) is 12.8 Å². The van der Waals surface area contributed by atoms with E-state index in [0.29, 0.717) is 18.0 Å². The number of carbonyl (C=O) groups excluding carboxylic acids is 1. The molecule has 0 aliphatic heterocycles. The second kappa shape index (κ2) is 8.81. The van der Waals surface area contributed by atoms with E-state index in [0.717, 1.165) is 24.1 Å². The van der Waals surface area contributed by atoms with Gasteiger partial charge in [0.1, 0.15) is 5.75 Å². The molecule has 0 aliphatic carbocycles. The van der Waals surface area contributed by atoms with E-state index in [1.54, 1.807) is 13.2 Å². The van der Waals surface area contributed by atoms with Crippen LogP contribution < -0.4 is 15.4 Å². The van der Waals surface area contributed by atoms with Crippen molar-refractivity contribution in [3.63, 3.8) is 0 Å². The molecular formula is C14H22BrN3O2. The zero-order valence-electron chi connectivity index (χ0n) is 12.2. The highest BCUT2D eigenvalue weighted by Crippen LogP contribution is 2.27. The van der Waals surface area contributed by atoms with E-state index in [-0.39, 0.29) is 6.03 Å². The number of benzene rings is 1. The number of halogens is 1. The summed E-state index contributed by atoms with van der Waals surface area (Å²) < 4.78 is 6.09. The first-order valence-corrected chi connectivity index (χ1v) is 7.50. The fraction of sp³-hybridized carbons (Fsp3) is 0.500. The number of nitrogens with zero attached hydrogens (tertiary/aromatic N) is 1. The third kappa shape index (κ3) is 5.38. The Balaban J connectivity index is 2.48. The van der Waals surface area contributed by atoms with Crippen molar-refractivity contribution in [2.75, 3.05) is 38.6 Å². The Labute approximate surface area is 128 Å². The Kier molecular flexibility index (Phi) is 7.40. The number of likely N-dealkylation sites (N-methyl/N-ethyl adjacent to an activating group) is 1. The molecule has 0 atom stereocenters. The van der Waals surface area contributed by atoms with Gasteiger partial charge in [0, 0.05) is 17.6 Å². The number of anilines is 1. The van der Waals surface area contributed by atoms with Crippen LogP contribution in [0.2, 0.25) is 0 Å². The maximum Gasteiger partial charge on any atom is 0.319 e. The number of methoxy groups -OCH3 is 1. The van der Waals surface area contributed by atoms with Crippen LogP contribution in [-0.2, 0) is 0 Å². The first-order valence-electron chi connectivity index (χ1n) is 6.71. The lowest BCUT2D eigenvalue weighted by atomic mass is 10.3. The van der Waals surface area contributed by atoms with E-state index in [9.17, 15) is 4.79 Å². The summed E-state index contributed by atoms with van der Waals surface area (Å²) in [4.78, 5) is 14.1. The van der Waals surface area contributed by atoms with E-state index in [1.165, 1.54) is 0 Å². The monoisotopic (exact) mass is 343 g/mol. The van der Waals surface area contributed by atoms with Gasteiger partial charge in [-0.05, 0) is 31.3 Å². The number of hydrogen-bond donors (Lipinski definition) is 2. The predicted molar refractivity (Wildman–Crippen MR) is 85.5 cm³/mol. The molecule has 1 aromatic carbocycles. The molecule has 1 rings (SSSR count). The Bertz CT molecular complexity index is 436. The molecule has 0 fully saturated rings. The molecule has 0 saturated carbocycles. The standard InChI is InChI=1S/C14H22BrN3O2/c1-4-18(5-2)9-8-16-14(19)17-12-10-11(15)6-7-13(12)20-3/h6-7,10H,4-5,8-9H2,1-3H3,(H2,16,17,19). The summed E-state index contributed by atoms with van der Waals surface area (Å²) in [6.07, 6.45) is 0. The van der Waals surface area contributed by atoms with Gasteiger partial charge in [-0.2, -0.15) is 0 Å². The average molecular weight is 344 g/mol. The molecule has 0 heterocycles. The first kappa shape index (κ1) is 16.8. The van der Waals surface area contributed by atoms with Gasteiger partial charge in [-0.1, -0.05) is 29.8 Å². The second-order valence-electron chi connectivity index (χ2n) is 4.25. The summed E-state index contributed by atoms with van der Waals surface area (Å²) in [7, 11) is 1.58. The Morgan fingerprint density at radius 2 is 2.05 bits per heavy atom. The fourth-order valence-electron chi connectivity index (χ4n) is 1.81. The minimum Gasteiger partial charge on any atom is -0.495 e. The van der Waals surface area contributed by atoms with Crippen molar-refractivity contribution in [3.05, 3.63) is 22.7 Å². The second-order valence-corrected chi connectivity index (χ2v) is 5.17. The third-order valence-electron chi connectivity index (χ3n) is 3.02. The topological polar surface area (TPSA) is 53.6 Å². The SMILES string of the molecule is CCN(CC)CCNC(=O)Nc1cc(Br)ccc1OC. The van der Waals surface area contributed by atoms with Gasteiger partial charge in [-0.3, -0.25) is 0 Å². The molecule has 0 unspecified atom stereocenters. The Hall–Kier alpha value is -1.27. The lowest BCUT2D eigenvalue weighted by Crippen LogP contribution is -2.36. The summed E-state index contributed by atoms with van der Waals surface area (Å²) in [5.74, 6) is 0.632. The van der Waals surface area contributed by atoms with E-state index in [4.69, 9.17) is 4.74 Å². The van der Waals surface area contributed by atoms with Crippen molar-refractivity contribution in [1.82, 2.24) is 10.2 Å². The molecule has 0 aliphatic rings. The molecule has 6 heteroatoms. The van der Waals surface area contributed by atoms with E-state index >= 15 is 0 Å². The van der Waals surface area contributed by atoms with Crippen LogP contribution in [0.1, 0.15) is 13.8 Å². The lowest BCUT2D eigenvalue weighted by molar-refractivity contribution is 0.247. The Morgan fingerprint density at radius 3 is 2.65 bits per heavy atom. The fourth-order valence-corrected chi connectivity index (χ4v) is 2.17. The van der Waals surface area contributed by atoms with Crippen LogP contribution in [0.3, 0.4) is 0 Å². The molecule has 0 radical (unpaired) electrons. The van der Waals surface area contributed by atoms with Gasteiger partial charge in [-0.25, -0.2) is 4.79 Å². The van der Waals surface area contributed by atoms with Gasteiger partial charge in [0.25, 0.3) is 0 Å². The van der Waals surface area contributed by atoms with Crippen LogP contribution >= 0.6 is 15.9 Å². The van der Waals surface area contributed by atoms with Crippen molar-refractivity contribution in [1.29, 1.82) is 0 Å². The number of nitrogens with one attached hydrogen (secondary N) is 2. The normalized spacial score (nSPS) is 10.4. The zero-order valence-corrected chi connectivity index (χ0v) is 13.8. The number of carbonyl (C=O) groups is 1. The third-order valence-corrected chi connectivity index (χ3v) is 3.51. The first-order chi connectivity index (χ1) is 9.60. The number of ether oxygens (including phenoxy) is 1. The summed E-state index contributed by atoms with van der Waals surface area (Å²) in [5, 5.41) is 5.63. The maximum atomic E-state index is 11.8. The summed E-state index contributed by atoms with van der Waals surface area (Å²) in [6.45, 7) is 7.64. The van der Waals surface area contributed by atoms with Gasteiger partial charge in [0.15, 0.2) is 0 Å². The smallest absolute Gasteiger partial charge is 0.319 e. The molecule has 0 saturated heterocycles. The van der Waals surface area contributed by atoms with Gasteiger partial charge in [0.2, 0.25) is 0 Å². The number of amides is 2. The largest absolute Gasteiger partial charge is 0.495 e. The molecule has 0 spiro atoms. The highest BCUT2D eigenvalue weighted by molar-refractivity contribution is 9.10. The van der Waals surface area contributed by atoms with Crippen molar-refractivity contribution in [2.45, 2.75) is 13.8 Å². The Morgan fingerprint density at radius 1 is 1.35 bits per heavy atom. The molecule has 0 aromatic heterocycles. The highest BCUT2D eigenvalue weighted by Gasteiger charge is 2.08. The van der Waals surface area contributed by atoms with E-state index in [1.807, 2.05) is 12.1 Å². The van der Waals surface area contributed by atoms with Crippen LogP contribution in [-0.4, -0.2) is 44.2 Å². The van der Waals surface area contributed by atoms with Gasteiger partial charge in [-0.15, -0.1) is 0 Å². The average Bonchev–Trinajstić information content (AvgIpc) is 2.44. The lowest BCUT2D eigenvalue weighted by Gasteiger charge is -2.18. The zero-order chi connectivity index (χ0) is 15.0. The highest BCUT2D eigenvalue weighted by atomic mass is 79.9. The van der Waals surface area contributed by atoms with Crippen LogP contribution in [0.5, 0.6) is 5.75 Å². The molecule has 0 bridgehead atoms. The molecular weight excluding hydrogens is 322 g/mol. The molecule has 112 valence electrons. The van der Waals surface area contributed by atoms with E-state index < -0.39 is 0 Å². The van der Waals surface area contributed by atoms with Crippen molar-refractivity contribution in [2.24, 2.45) is 0 Å². The van der Waals surface area contributed by atoms with Gasteiger partial charge >= 0.3 is 6.03 Å². The van der Waals surface area contributed by atoms with Crippen molar-refractivity contribution in [3.8, 4) is 5.75 Å². The molecule has 2 amide bonds. The number of hydrogen-bond acceptors (Lipinski definition) is 3. The predicted octanol–water partition coefficient (Wildman–Crippen LogP) is 2.92. The van der Waals surface area contributed by atoms with E-state index in [2.05, 4.69) is 45.3 Å². The van der Waals surface area contributed by atoms with Crippen LogP contribution in [0.4, 0.5) is 10.5 Å². The number of rotatable bonds is 7. The van der Waals surface area contributed by atoms with Crippen molar-refractivity contribution >= 4 is 27.6 Å². The molecule has 1 aromatic rings. The van der Waals surface area contributed by atoms with Crippen LogP contribution in [0, 0.1) is 0 Å². The quantitative estimate of drug-likeness (QED) is 0.800. The summed E-state index contributed by atoms with van der Waals surface area (Å²) >= 11 is 3.37. The van der Waals surface area contributed by atoms with Gasteiger partial charge < -0.3 is 20.3 Å². The minimum atomic E-state index is -0.228. The molecule has 2 N–H and O–H groups in total. The van der Waals surface area contributed by atoms with Crippen LogP contribution in [0.15, 0.2) is 22.7 Å². The van der Waals surface area contributed by atoms with Crippen LogP contribution in [0.25, 0.3) is 0 Å². The maximum absolute atomic E-state index is 11.8. The summed E-state index contributed by atoms with van der Waals surface area (Å²) in [6, 6.07) is 5.24. The summed E-state index contributed by atoms with van der Waals surface area (Å²) in [5.41, 5.74) is 0.641. The minimum absolute atomic E-state index is 0.228. The molecule has 5 nitrogen and oxygen atoms in total. The van der Waals surface area contributed by atoms with Crippen molar-refractivity contribution < 1.29 is 9.53 Å². The number of urea groups is 1. The molecule has 20 heavy (non-hydrogen) atoms.